The Bertz CT molecular complexity index is 1290. The van der Waals surface area contributed by atoms with Crippen LogP contribution >= 0.6 is 0 Å². The number of fused-ring (bicyclic) bond motifs is 1. The molecule has 3 aromatic rings. The first-order valence-corrected chi connectivity index (χ1v) is 11.9. The molecule has 35 heavy (non-hydrogen) atoms. The lowest BCUT2D eigenvalue weighted by Gasteiger charge is -2.31. The van der Waals surface area contributed by atoms with Gasteiger partial charge in [-0.2, -0.15) is 5.26 Å². The van der Waals surface area contributed by atoms with Crippen molar-refractivity contribution in [2.45, 2.75) is 31.3 Å². The average molecular weight is 470 g/mol. The molecule has 2 saturated heterocycles. The first-order valence-electron chi connectivity index (χ1n) is 11.9. The highest BCUT2D eigenvalue weighted by Crippen LogP contribution is 2.32. The molecule has 2 amide bonds. The van der Waals surface area contributed by atoms with Crippen molar-refractivity contribution in [3.63, 3.8) is 0 Å². The minimum Gasteiger partial charge on any atom is -0.366 e. The Morgan fingerprint density at radius 1 is 1.11 bits per heavy atom. The number of pyridine rings is 2. The van der Waals surface area contributed by atoms with Gasteiger partial charge in [-0.1, -0.05) is 12.1 Å². The van der Waals surface area contributed by atoms with Gasteiger partial charge in [0.05, 0.1) is 23.7 Å². The molecule has 2 aliphatic heterocycles. The number of para-hydroxylation sites is 1. The molecule has 5 rings (SSSR count). The van der Waals surface area contributed by atoms with Crippen LogP contribution in [0.5, 0.6) is 0 Å². The molecule has 0 saturated carbocycles. The van der Waals surface area contributed by atoms with Gasteiger partial charge in [-0.15, -0.1) is 0 Å². The van der Waals surface area contributed by atoms with Gasteiger partial charge >= 0.3 is 0 Å². The lowest BCUT2D eigenvalue weighted by atomic mass is 10.1. The number of carbonyl (C=O) groups excluding carboxylic acids is 2. The van der Waals surface area contributed by atoms with Gasteiger partial charge in [-0.3, -0.25) is 19.5 Å². The van der Waals surface area contributed by atoms with E-state index >= 15 is 0 Å². The molecule has 0 aliphatic carbocycles. The summed E-state index contributed by atoms with van der Waals surface area (Å²) < 4.78 is 0. The molecule has 9 heteroatoms. The van der Waals surface area contributed by atoms with Crippen molar-refractivity contribution >= 4 is 34.2 Å². The van der Waals surface area contributed by atoms with E-state index in [1.807, 2.05) is 30.3 Å². The van der Waals surface area contributed by atoms with E-state index in [4.69, 9.17) is 10.7 Å². The van der Waals surface area contributed by atoms with Crippen molar-refractivity contribution in [2.75, 3.05) is 31.1 Å². The number of aromatic nitrogens is 2. The lowest BCUT2D eigenvalue weighted by molar-refractivity contribution is -0.132. The highest BCUT2D eigenvalue weighted by molar-refractivity contribution is 6.05. The highest BCUT2D eigenvalue weighted by atomic mass is 16.2. The predicted octanol–water partition coefficient (Wildman–Crippen LogP) is 2.46. The van der Waals surface area contributed by atoms with E-state index in [2.05, 4.69) is 20.9 Å². The van der Waals surface area contributed by atoms with Crippen LogP contribution in [0.25, 0.3) is 10.9 Å². The lowest BCUT2D eigenvalue weighted by Crippen LogP contribution is -2.42. The number of likely N-dealkylation sites (tertiary alicyclic amines) is 2. The van der Waals surface area contributed by atoms with Crippen LogP contribution in [-0.2, 0) is 4.79 Å². The van der Waals surface area contributed by atoms with Gasteiger partial charge in [-0.05, 0) is 49.6 Å². The third-order valence-corrected chi connectivity index (χ3v) is 6.85. The van der Waals surface area contributed by atoms with Gasteiger partial charge in [0.15, 0.2) is 0 Å². The second-order valence-electron chi connectivity index (χ2n) is 9.04. The van der Waals surface area contributed by atoms with E-state index in [9.17, 15) is 14.9 Å². The van der Waals surface area contributed by atoms with Crippen molar-refractivity contribution in [2.24, 2.45) is 5.73 Å². The zero-order chi connectivity index (χ0) is 24.4. The van der Waals surface area contributed by atoms with E-state index < -0.39 is 5.91 Å². The molecule has 2 N–H and O–H groups in total. The summed E-state index contributed by atoms with van der Waals surface area (Å²) in [6.45, 7) is 2.40. The fraction of sp³-hybridized carbons (Fsp3) is 0.346. The van der Waals surface area contributed by atoms with Crippen molar-refractivity contribution < 1.29 is 9.59 Å². The maximum Gasteiger partial charge on any atom is 0.250 e. The molecule has 1 aromatic carbocycles. The van der Waals surface area contributed by atoms with Crippen LogP contribution in [0, 0.1) is 11.3 Å². The monoisotopic (exact) mass is 469 g/mol. The third-order valence-electron chi connectivity index (χ3n) is 6.85. The van der Waals surface area contributed by atoms with Gasteiger partial charge in [-0.25, -0.2) is 4.98 Å². The maximum absolute atomic E-state index is 12.9. The number of rotatable bonds is 6. The fourth-order valence-electron chi connectivity index (χ4n) is 5.15. The Balaban J connectivity index is 1.42. The molecule has 0 spiro atoms. The highest BCUT2D eigenvalue weighted by Gasteiger charge is 2.34. The Labute approximate surface area is 203 Å². The summed E-state index contributed by atoms with van der Waals surface area (Å²) in [5.41, 5.74) is 7.50. The van der Waals surface area contributed by atoms with Gasteiger partial charge in [0.25, 0.3) is 5.91 Å². The van der Waals surface area contributed by atoms with E-state index in [0.29, 0.717) is 36.5 Å². The van der Waals surface area contributed by atoms with Crippen LogP contribution in [0.3, 0.4) is 0 Å². The van der Waals surface area contributed by atoms with Crippen molar-refractivity contribution in [1.82, 2.24) is 19.8 Å². The van der Waals surface area contributed by atoms with Crippen LogP contribution in [-0.4, -0.2) is 69.8 Å². The molecule has 178 valence electrons. The van der Waals surface area contributed by atoms with Gasteiger partial charge in [0, 0.05) is 49.1 Å². The fourth-order valence-corrected chi connectivity index (χ4v) is 5.15. The van der Waals surface area contributed by atoms with Crippen LogP contribution in [0.4, 0.5) is 11.5 Å². The zero-order valence-electron chi connectivity index (χ0n) is 19.4. The maximum atomic E-state index is 12.9. The van der Waals surface area contributed by atoms with Crippen LogP contribution in [0.1, 0.15) is 29.6 Å². The summed E-state index contributed by atoms with van der Waals surface area (Å²) in [7, 11) is 0. The summed E-state index contributed by atoms with van der Waals surface area (Å²) in [6.07, 6.45) is 5.95. The number of nitrogens with two attached hydrogens (primary N) is 1. The summed E-state index contributed by atoms with van der Waals surface area (Å²) in [4.78, 5) is 39.9. The van der Waals surface area contributed by atoms with Crippen molar-refractivity contribution in [1.29, 1.82) is 5.26 Å². The Hall–Kier alpha value is -4.03. The normalized spacial score (nSPS) is 20.1. The molecular formula is C26H27N7O2. The van der Waals surface area contributed by atoms with E-state index in [1.165, 1.54) is 0 Å². The minimum absolute atomic E-state index is 0.0140. The SMILES string of the molecule is N#C[C@@H]1CCCN1C(=O)CN1CC[C@H](N(c2ccncc2)c2ccc3cccc(C(N)=O)c3n2)C1. The number of anilines is 2. The van der Waals surface area contributed by atoms with Gasteiger partial charge in [0.2, 0.25) is 5.91 Å². The second-order valence-corrected chi connectivity index (χ2v) is 9.04. The Morgan fingerprint density at radius 2 is 1.94 bits per heavy atom. The summed E-state index contributed by atoms with van der Waals surface area (Å²) in [6, 6.07) is 15.2. The molecular weight excluding hydrogens is 442 g/mol. The van der Waals surface area contributed by atoms with E-state index in [1.54, 1.807) is 29.4 Å². The van der Waals surface area contributed by atoms with E-state index in [-0.39, 0.29) is 18.0 Å². The number of hydrogen-bond acceptors (Lipinski definition) is 7. The Morgan fingerprint density at radius 3 is 2.71 bits per heavy atom. The molecule has 0 bridgehead atoms. The number of amides is 2. The molecule has 2 aliphatic rings. The second kappa shape index (κ2) is 9.68. The number of primary amides is 1. The summed E-state index contributed by atoms with van der Waals surface area (Å²) >= 11 is 0. The number of benzene rings is 1. The van der Waals surface area contributed by atoms with Crippen molar-refractivity contribution in [3.8, 4) is 6.07 Å². The molecule has 9 nitrogen and oxygen atoms in total. The van der Waals surface area contributed by atoms with Crippen LogP contribution in [0.2, 0.25) is 0 Å². The van der Waals surface area contributed by atoms with Crippen LogP contribution in [0.15, 0.2) is 54.9 Å². The van der Waals surface area contributed by atoms with Crippen molar-refractivity contribution in [3.05, 3.63) is 60.4 Å². The molecule has 2 atom stereocenters. The minimum atomic E-state index is -0.515. The molecule has 4 heterocycles. The number of carbonyl (C=O) groups is 2. The molecule has 2 fully saturated rings. The predicted molar refractivity (Wildman–Crippen MR) is 132 cm³/mol. The zero-order valence-corrected chi connectivity index (χ0v) is 19.4. The first-order chi connectivity index (χ1) is 17.0. The summed E-state index contributed by atoms with van der Waals surface area (Å²) in [5.74, 6) is 0.207. The molecule has 0 unspecified atom stereocenters. The first kappa shape index (κ1) is 22.7. The quantitative estimate of drug-likeness (QED) is 0.589. The standard InChI is InChI=1S/C26H27N7O2/c27-15-20-4-2-13-32(20)24(34)17-31-14-10-21(16-31)33(19-8-11-29-12-9-19)23-7-6-18-3-1-5-22(26(28)35)25(18)30-23/h1,3,5-9,11-12,20-21H,2,4,10,13-14,16-17H2,(H2,28,35)/t20-,21-/m0/s1. The Kier molecular flexibility index (Phi) is 6.29. The summed E-state index contributed by atoms with van der Waals surface area (Å²) in [5, 5.41) is 10.2. The van der Waals surface area contributed by atoms with E-state index in [0.717, 1.165) is 36.9 Å². The van der Waals surface area contributed by atoms with Crippen LogP contribution < -0.4 is 10.6 Å². The number of nitrogens with zero attached hydrogens (tertiary/aromatic N) is 6. The molecule has 0 radical (unpaired) electrons. The van der Waals surface area contributed by atoms with Gasteiger partial charge < -0.3 is 15.5 Å². The largest absolute Gasteiger partial charge is 0.366 e. The average Bonchev–Trinajstić information content (AvgIpc) is 3.54. The van der Waals surface area contributed by atoms with Gasteiger partial charge in [0.1, 0.15) is 11.9 Å². The molecule has 2 aromatic heterocycles. The smallest absolute Gasteiger partial charge is 0.250 e. The topological polar surface area (TPSA) is 119 Å². The number of hydrogen-bond donors (Lipinski definition) is 1. The third kappa shape index (κ3) is 4.53. The number of nitriles is 1.